The Morgan fingerprint density at radius 3 is 2.83 bits per heavy atom. The average Bonchev–Trinajstić information content (AvgIpc) is 3.47. The van der Waals surface area contributed by atoms with Gasteiger partial charge >= 0.3 is 5.97 Å². The quantitative estimate of drug-likeness (QED) is 0.399. The van der Waals surface area contributed by atoms with Gasteiger partial charge in [-0.2, -0.15) is 10.4 Å². The molecule has 0 saturated carbocycles. The fourth-order valence-electron chi connectivity index (χ4n) is 4.30. The van der Waals surface area contributed by atoms with Gasteiger partial charge in [-0.3, -0.25) is 9.69 Å². The molecule has 4 N–H and O–H groups in total. The number of aromatic nitrogens is 3. The van der Waals surface area contributed by atoms with Crippen molar-refractivity contribution in [3.63, 3.8) is 0 Å². The van der Waals surface area contributed by atoms with Crippen molar-refractivity contribution in [2.75, 3.05) is 26.7 Å². The molecule has 186 valence electrons. The maximum atomic E-state index is 12.2. The highest BCUT2D eigenvalue weighted by atomic mass is 16.5. The van der Waals surface area contributed by atoms with Gasteiger partial charge in [0.1, 0.15) is 24.0 Å². The van der Waals surface area contributed by atoms with E-state index in [9.17, 15) is 14.9 Å². The molecular weight excluding hydrogens is 462 g/mol. The molecule has 2 aromatic heterocycles. The summed E-state index contributed by atoms with van der Waals surface area (Å²) in [6, 6.07) is 7.36. The lowest BCUT2D eigenvalue weighted by molar-refractivity contribution is 0.0534. The zero-order valence-electron chi connectivity index (χ0n) is 20.2. The number of nitriles is 1. The first-order valence-corrected chi connectivity index (χ1v) is 11.4. The van der Waals surface area contributed by atoms with E-state index >= 15 is 0 Å². The molecule has 0 saturated heterocycles. The summed E-state index contributed by atoms with van der Waals surface area (Å²) in [5, 5.41) is 13.5. The maximum Gasteiger partial charge on any atom is 0.338 e. The van der Waals surface area contributed by atoms with Gasteiger partial charge in [-0.25, -0.2) is 14.5 Å². The van der Waals surface area contributed by atoms with Crippen LogP contribution >= 0.6 is 0 Å². The highest BCUT2D eigenvalue weighted by Crippen LogP contribution is 2.26. The molecule has 0 bridgehead atoms. The van der Waals surface area contributed by atoms with E-state index in [4.69, 9.17) is 20.9 Å². The third-order valence-corrected chi connectivity index (χ3v) is 6.26. The normalized spacial score (nSPS) is 12.4. The van der Waals surface area contributed by atoms with Gasteiger partial charge in [0.05, 0.1) is 18.9 Å². The molecule has 11 heteroatoms. The summed E-state index contributed by atoms with van der Waals surface area (Å²) in [5.41, 5.74) is 16.3. The first kappa shape index (κ1) is 24.8. The van der Waals surface area contributed by atoms with Crippen LogP contribution in [0.25, 0.3) is 5.82 Å². The fraction of sp³-hybridized carbons (Fsp3) is 0.320. The molecule has 0 aliphatic carbocycles. The van der Waals surface area contributed by atoms with Crippen LogP contribution in [0.2, 0.25) is 0 Å². The van der Waals surface area contributed by atoms with Gasteiger partial charge in [0.25, 0.3) is 5.91 Å². The number of benzene rings is 1. The number of amides is 1. The molecule has 1 aliphatic rings. The van der Waals surface area contributed by atoms with Gasteiger partial charge in [0, 0.05) is 49.6 Å². The Labute approximate surface area is 208 Å². The smallest absolute Gasteiger partial charge is 0.338 e. The topological polar surface area (TPSA) is 162 Å². The molecule has 1 aliphatic heterocycles. The predicted octanol–water partition coefficient (Wildman–Crippen LogP) is 1.23. The van der Waals surface area contributed by atoms with Gasteiger partial charge in [0.2, 0.25) is 0 Å². The lowest BCUT2D eigenvalue weighted by atomic mass is 9.96. The zero-order valence-corrected chi connectivity index (χ0v) is 20.2. The lowest BCUT2D eigenvalue weighted by Gasteiger charge is -2.22. The Hall–Kier alpha value is -4.27. The van der Waals surface area contributed by atoms with Crippen molar-refractivity contribution in [1.29, 1.82) is 5.26 Å². The molecule has 0 spiro atoms. The lowest BCUT2D eigenvalue weighted by Crippen LogP contribution is -2.32. The van der Waals surface area contributed by atoms with Crippen LogP contribution in [0.1, 0.15) is 48.7 Å². The number of hydrogen-bond acceptors (Lipinski definition) is 9. The number of carbonyl (C=O) groups excluding carboxylic acids is 2. The van der Waals surface area contributed by atoms with E-state index in [1.165, 1.54) is 18.0 Å². The van der Waals surface area contributed by atoms with E-state index < -0.39 is 5.91 Å². The third-order valence-electron chi connectivity index (χ3n) is 6.26. The number of ether oxygens (including phenoxy) is 2. The van der Waals surface area contributed by atoms with Crippen LogP contribution in [0.15, 0.2) is 30.6 Å². The van der Waals surface area contributed by atoms with Crippen molar-refractivity contribution in [3.8, 4) is 17.6 Å². The van der Waals surface area contributed by atoms with E-state index in [2.05, 4.69) is 15.0 Å². The molecule has 0 unspecified atom stereocenters. The number of methoxy groups -OCH3 is 1. The van der Waals surface area contributed by atoms with Gasteiger partial charge in [-0.05, 0) is 30.5 Å². The van der Waals surface area contributed by atoms with Crippen molar-refractivity contribution in [1.82, 2.24) is 19.7 Å². The van der Waals surface area contributed by atoms with Gasteiger partial charge in [-0.1, -0.05) is 6.07 Å². The Balaban J connectivity index is 1.56. The Bertz CT molecular complexity index is 1360. The second-order valence-electron chi connectivity index (χ2n) is 8.43. The fourth-order valence-corrected chi connectivity index (χ4v) is 4.30. The highest BCUT2D eigenvalue weighted by molar-refractivity contribution is 5.94. The number of nitrogens with two attached hydrogens (primary N) is 2. The predicted molar refractivity (Wildman–Crippen MR) is 129 cm³/mol. The molecule has 11 nitrogen and oxygen atoms in total. The Kier molecular flexibility index (Phi) is 7.28. The SMILES string of the molecule is COc1cc(-n2cc(CN(CCN)CCc3ccc4c(c3C)COC4=O)c(C(N)=O)n2)ncc1C#N. The molecule has 0 radical (unpaired) electrons. The summed E-state index contributed by atoms with van der Waals surface area (Å²) in [6.45, 7) is 4.39. The van der Waals surface area contributed by atoms with Crippen LogP contribution < -0.4 is 16.2 Å². The van der Waals surface area contributed by atoms with Crippen molar-refractivity contribution < 1.29 is 19.1 Å². The number of esters is 1. The van der Waals surface area contributed by atoms with Crippen molar-refractivity contribution >= 4 is 11.9 Å². The van der Waals surface area contributed by atoms with Gasteiger partial charge in [-0.15, -0.1) is 0 Å². The Morgan fingerprint density at radius 2 is 2.14 bits per heavy atom. The van der Waals surface area contributed by atoms with Gasteiger partial charge < -0.3 is 20.9 Å². The summed E-state index contributed by atoms with van der Waals surface area (Å²) in [7, 11) is 1.46. The van der Waals surface area contributed by atoms with Crippen LogP contribution in [0.3, 0.4) is 0 Å². The molecule has 3 heterocycles. The van der Waals surface area contributed by atoms with Crippen LogP contribution in [-0.2, 0) is 24.3 Å². The second-order valence-corrected chi connectivity index (χ2v) is 8.43. The zero-order chi connectivity index (χ0) is 25.8. The standard InChI is InChI=1S/C25H27N7O4/c1-15-16(3-4-19-20(15)14-36-25(19)34)5-7-31(8-6-26)12-18-13-32(30-23(18)24(28)33)22-9-21(35-2)17(10-27)11-29-22/h3-4,9,11,13H,5-8,12,14,26H2,1-2H3,(H2,28,33). The summed E-state index contributed by atoms with van der Waals surface area (Å²) in [4.78, 5) is 30.4. The van der Waals surface area contributed by atoms with Crippen LogP contribution in [-0.4, -0.2) is 58.3 Å². The summed E-state index contributed by atoms with van der Waals surface area (Å²) in [5.74, 6) is -0.205. The first-order chi connectivity index (χ1) is 17.4. The molecule has 3 aromatic rings. The van der Waals surface area contributed by atoms with E-state index in [0.717, 1.165) is 23.1 Å². The number of hydrogen-bond donors (Lipinski definition) is 2. The minimum absolute atomic E-state index is 0.131. The number of pyridine rings is 1. The number of carbonyl (C=O) groups is 2. The van der Waals surface area contributed by atoms with E-state index in [1.807, 2.05) is 25.1 Å². The second kappa shape index (κ2) is 10.6. The molecular formula is C25H27N7O4. The molecule has 1 aromatic carbocycles. The largest absolute Gasteiger partial charge is 0.495 e. The molecule has 4 rings (SSSR count). The average molecular weight is 490 g/mol. The molecule has 0 atom stereocenters. The van der Waals surface area contributed by atoms with E-state index in [1.54, 1.807) is 12.3 Å². The molecule has 1 amide bonds. The van der Waals surface area contributed by atoms with Crippen LogP contribution in [0.4, 0.5) is 0 Å². The summed E-state index contributed by atoms with van der Waals surface area (Å²) < 4.78 is 11.9. The number of cyclic esters (lactones) is 1. The first-order valence-electron chi connectivity index (χ1n) is 11.4. The van der Waals surface area contributed by atoms with E-state index in [-0.39, 0.29) is 17.2 Å². The highest BCUT2D eigenvalue weighted by Gasteiger charge is 2.24. The number of rotatable bonds is 10. The number of nitrogens with zero attached hydrogens (tertiary/aromatic N) is 5. The van der Waals surface area contributed by atoms with Crippen molar-refractivity contribution in [2.24, 2.45) is 11.5 Å². The monoisotopic (exact) mass is 489 g/mol. The number of fused-ring (bicyclic) bond motifs is 1. The van der Waals surface area contributed by atoms with E-state index in [0.29, 0.717) is 55.5 Å². The Morgan fingerprint density at radius 1 is 1.33 bits per heavy atom. The van der Waals surface area contributed by atoms with Crippen LogP contribution in [0.5, 0.6) is 5.75 Å². The van der Waals surface area contributed by atoms with Crippen molar-refractivity contribution in [2.45, 2.75) is 26.5 Å². The van der Waals surface area contributed by atoms with Crippen molar-refractivity contribution in [3.05, 3.63) is 69.7 Å². The minimum Gasteiger partial charge on any atom is -0.495 e. The van der Waals surface area contributed by atoms with Crippen LogP contribution in [0, 0.1) is 18.3 Å². The molecule has 0 fully saturated rings. The maximum absolute atomic E-state index is 12.2. The van der Waals surface area contributed by atoms with Gasteiger partial charge in [0.15, 0.2) is 11.5 Å². The molecule has 36 heavy (non-hydrogen) atoms. The third kappa shape index (κ3) is 4.91. The number of primary amides is 1. The summed E-state index contributed by atoms with van der Waals surface area (Å²) >= 11 is 0. The summed E-state index contributed by atoms with van der Waals surface area (Å²) in [6.07, 6.45) is 3.81. The minimum atomic E-state index is -0.656.